The summed E-state index contributed by atoms with van der Waals surface area (Å²) in [6.45, 7) is 5.96. The van der Waals surface area contributed by atoms with Gasteiger partial charge in [0.25, 0.3) is 0 Å². The third-order valence-corrected chi connectivity index (χ3v) is 5.48. The molecule has 27 heavy (non-hydrogen) atoms. The predicted molar refractivity (Wildman–Crippen MR) is 108 cm³/mol. The van der Waals surface area contributed by atoms with Crippen molar-refractivity contribution in [2.24, 2.45) is 10.9 Å². The quantitative estimate of drug-likeness (QED) is 0.794. The Bertz CT molecular complexity index is 908. The van der Waals surface area contributed by atoms with Gasteiger partial charge in [-0.3, -0.25) is 9.79 Å². The van der Waals surface area contributed by atoms with Gasteiger partial charge in [0.15, 0.2) is 0 Å². The number of piperidine rings is 1. The van der Waals surface area contributed by atoms with Gasteiger partial charge >= 0.3 is 0 Å². The van der Waals surface area contributed by atoms with E-state index in [0.717, 1.165) is 36.3 Å². The molecule has 0 aromatic heterocycles. The molecule has 0 saturated carbocycles. The highest BCUT2D eigenvalue weighted by Gasteiger charge is 2.30. The second-order valence-electron chi connectivity index (χ2n) is 7.61. The summed E-state index contributed by atoms with van der Waals surface area (Å²) in [4.78, 5) is 18.8. The number of aliphatic imine (C=N–C) groups is 1. The molecule has 2 aromatic rings. The normalized spacial score (nSPS) is 22.2. The molecule has 1 fully saturated rings. The summed E-state index contributed by atoms with van der Waals surface area (Å²) in [6.07, 6.45) is 3.91. The number of anilines is 2. The lowest BCUT2D eigenvalue weighted by Gasteiger charge is -2.33. The Morgan fingerprint density at radius 3 is 2.93 bits per heavy atom. The van der Waals surface area contributed by atoms with E-state index in [2.05, 4.69) is 22.1 Å². The fourth-order valence-corrected chi connectivity index (χ4v) is 4.09. The van der Waals surface area contributed by atoms with Crippen LogP contribution in [0.5, 0.6) is 0 Å². The Morgan fingerprint density at radius 1 is 1.30 bits per heavy atom. The Kier molecular flexibility index (Phi) is 4.68. The average Bonchev–Trinajstić information content (AvgIpc) is 2.96. The zero-order valence-corrected chi connectivity index (χ0v) is 15.7. The molecule has 1 saturated heterocycles. The number of nitrogens with zero attached hydrogens (tertiary/aromatic N) is 2. The first kappa shape index (κ1) is 17.7. The Labute approximate surface area is 159 Å². The van der Waals surface area contributed by atoms with E-state index in [4.69, 9.17) is 0 Å². The maximum absolute atomic E-state index is 14.6. The second kappa shape index (κ2) is 7.14. The van der Waals surface area contributed by atoms with E-state index in [0.29, 0.717) is 17.3 Å². The first-order chi connectivity index (χ1) is 13.0. The van der Waals surface area contributed by atoms with Crippen LogP contribution in [0.3, 0.4) is 0 Å². The lowest BCUT2D eigenvalue weighted by Crippen LogP contribution is -2.34. The number of carbonyl (C=O) groups excluding carboxylic acids is 1. The zero-order chi connectivity index (χ0) is 19.0. The smallest absolute Gasteiger partial charge is 0.237 e. The molecule has 2 unspecified atom stereocenters. The molecule has 2 aliphatic rings. The highest BCUT2D eigenvalue weighted by molar-refractivity contribution is 6.13. The topological polar surface area (TPSA) is 44.7 Å². The van der Waals surface area contributed by atoms with E-state index in [9.17, 15) is 9.18 Å². The van der Waals surface area contributed by atoms with Crippen LogP contribution in [0.15, 0.2) is 41.4 Å². The molecule has 5 heteroatoms. The van der Waals surface area contributed by atoms with Crippen molar-refractivity contribution in [1.82, 2.24) is 0 Å². The van der Waals surface area contributed by atoms with Gasteiger partial charge in [-0.2, -0.15) is 0 Å². The zero-order valence-electron chi connectivity index (χ0n) is 15.7. The van der Waals surface area contributed by atoms with Gasteiger partial charge < -0.3 is 10.2 Å². The number of carbonyl (C=O) groups is 1. The largest absolute Gasteiger partial charge is 0.369 e. The third kappa shape index (κ3) is 3.46. The van der Waals surface area contributed by atoms with Crippen LogP contribution in [-0.2, 0) is 4.79 Å². The Balaban J connectivity index is 1.55. The number of hydrogen-bond donors (Lipinski definition) is 1. The minimum absolute atomic E-state index is 0.0950. The molecule has 1 amide bonds. The van der Waals surface area contributed by atoms with E-state index in [1.54, 1.807) is 12.3 Å². The molecule has 2 heterocycles. The maximum atomic E-state index is 14.6. The van der Waals surface area contributed by atoms with Crippen LogP contribution < -0.4 is 10.2 Å². The van der Waals surface area contributed by atoms with Crippen molar-refractivity contribution in [2.45, 2.75) is 32.6 Å². The van der Waals surface area contributed by atoms with Crippen LogP contribution in [-0.4, -0.2) is 25.2 Å². The van der Waals surface area contributed by atoms with Crippen molar-refractivity contribution in [3.63, 3.8) is 0 Å². The lowest BCUT2D eigenvalue weighted by atomic mass is 9.97. The molecular formula is C22H24FN3O. The number of hydrogen-bond acceptors (Lipinski definition) is 3. The molecule has 0 aliphatic carbocycles. The summed E-state index contributed by atoms with van der Waals surface area (Å²) >= 11 is 0. The minimum Gasteiger partial charge on any atom is -0.369 e. The van der Waals surface area contributed by atoms with Crippen LogP contribution in [0.4, 0.5) is 21.5 Å². The molecule has 4 rings (SSSR count). The summed E-state index contributed by atoms with van der Waals surface area (Å²) in [7, 11) is 0. The highest BCUT2D eigenvalue weighted by Crippen LogP contribution is 2.34. The Hall–Kier alpha value is -2.69. The number of nitrogens with one attached hydrogen (secondary N) is 1. The summed E-state index contributed by atoms with van der Waals surface area (Å²) < 4.78 is 14.6. The summed E-state index contributed by atoms with van der Waals surface area (Å²) in [6, 6.07) is 10.9. The summed E-state index contributed by atoms with van der Waals surface area (Å²) in [5.41, 5.74) is 3.99. The van der Waals surface area contributed by atoms with Crippen molar-refractivity contribution in [1.29, 1.82) is 0 Å². The summed E-state index contributed by atoms with van der Waals surface area (Å²) in [5.74, 6) is -0.208. The van der Waals surface area contributed by atoms with Gasteiger partial charge in [-0.15, -0.1) is 0 Å². The van der Waals surface area contributed by atoms with Crippen LogP contribution in [0.1, 0.15) is 36.8 Å². The van der Waals surface area contributed by atoms with Crippen LogP contribution in [0.2, 0.25) is 0 Å². The van der Waals surface area contributed by atoms with E-state index in [1.807, 2.05) is 31.2 Å². The SMILES string of the molecule is Cc1cccc2c1C(C=Nc1ccc(N3CCCC(C)C3)c(F)c1)C(=O)N2. The number of rotatable bonds is 3. The monoisotopic (exact) mass is 365 g/mol. The highest BCUT2D eigenvalue weighted by atomic mass is 19.1. The fourth-order valence-electron chi connectivity index (χ4n) is 4.09. The molecule has 0 spiro atoms. The van der Waals surface area contributed by atoms with Crippen LogP contribution in [0, 0.1) is 18.7 Å². The number of fused-ring (bicyclic) bond motifs is 1. The average molecular weight is 365 g/mol. The van der Waals surface area contributed by atoms with E-state index in [-0.39, 0.29) is 11.7 Å². The molecule has 140 valence electrons. The van der Waals surface area contributed by atoms with Gasteiger partial charge in [-0.05, 0) is 55.0 Å². The molecule has 2 aliphatic heterocycles. The Morgan fingerprint density at radius 2 is 2.15 bits per heavy atom. The van der Waals surface area contributed by atoms with Crippen molar-refractivity contribution in [3.8, 4) is 0 Å². The first-order valence-corrected chi connectivity index (χ1v) is 9.52. The first-order valence-electron chi connectivity index (χ1n) is 9.52. The van der Waals surface area contributed by atoms with Gasteiger partial charge in [0.05, 0.1) is 11.4 Å². The number of benzene rings is 2. The van der Waals surface area contributed by atoms with Gasteiger partial charge in [-0.1, -0.05) is 19.1 Å². The fraction of sp³-hybridized carbons (Fsp3) is 0.364. The van der Waals surface area contributed by atoms with Gasteiger partial charge in [0, 0.05) is 31.1 Å². The maximum Gasteiger partial charge on any atom is 0.237 e. The predicted octanol–water partition coefficient (Wildman–Crippen LogP) is 4.81. The van der Waals surface area contributed by atoms with Crippen molar-refractivity contribution >= 4 is 29.2 Å². The van der Waals surface area contributed by atoms with Crippen molar-refractivity contribution in [3.05, 3.63) is 53.3 Å². The third-order valence-electron chi connectivity index (χ3n) is 5.48. The standard InChI is InChI=1S/C22H24FN3O/c1-14-5-4-10-26(13-14)20-9-8-16(11-18(20)23)24-12-17-21-15(2)6-3-7-19(21)25-22(17)27/h3,6-9,11-12,14,17H,4-5,10,13H2,1-2H3,(H,25,27). The van der Waals surface area contributed by atoms with E-state index < -0.39 is 5.92 Å². The molecule has 0 radical (unpaired) electrons. The molecule has 0 bridgehead atoms. The second-order valence-corrected chi connectivity index (χ2v) is 7.61. The molecule has 4 nitrogen and oxygen atoms in total. The van der Waals surface area contributed by atoms with Crippen molar-refractivity contribution < 1.29 is 9.18 Å². The van der Waals surface area contributed by atoms with Crippen LogP contribution in [0.25, 0.3) is 0 Å². The minimum atomic E-state index is -0.438. The molecule has 2 atom stereocenters. The molecule has 2 aromatic carbocycles. The molecular weight excluding hydrogens is 341 g/mol. The van der Waals surface area contributed by atoms with Crippen molar-refractivity contribution in [2.75, 3.05) is 23.3 Å². The lowest BCUT2D eigenvalue weighted by molar-refractivity contribution is -0.115. The summed E-state index contributed by atoms with van der Waals surface area (Å²) in [5, 5.41) is 2.88. The number of amides is 1. The van der Waals surface area contributed by atoms with Gasteiger partial charge in [-0.25, -0.2) is 4.39 Å². The molecule has 1 N–H and O–H groups in total. The van der Waals surface area contributed by atoms with E-state index in [1.165, 1.54) is 12.5 Å². The van der Waals surface area contributed by atoms with Gasteiger partial charge in [0.1, 0.15) is 11.7 Å². The van der Waals surface area contributed by atoms with E-state index >= 15 is 0 Å². The van der Waals surface area contributed by atoms with Gasteiger partial charge in [0.2, 0.25) is 5.91 Å². The van der Waals surface area contributed by atoms with Crippen LogP contribution >= 0.6 is 0 Å². The number of halogens is 1. The number of aryl methyl sites for hydroxylation is 1.